The first-order valence-electron chi connectivity index (χ1n) is 8.45. The Morgan fingerprint density at radius 2 is 1.96 bits per heavy atom. The van der Waals surface area contributed by atoms with Gasteiger partial charge in [0.1, 0.15) is 0 Å². The number of benzene rings is 1. The first-order valence-corrected chi connectivity index (χ1v) is 9.89. The lowest BCUT2D eigenvalue weighted by Crippen LogP contribution is -2.38. The van der Waals surface area contributed by atoms with Gasteiger partial charge >= 0.3 is 5.97 Å². The molecule has 7 heteroatoms. The quantitative estimate of drug-likeness (QED) is 0.811. The first kappa shape index (κ1) is 18.9. The Balaban J connectivity index is 2.34. The Morgan fingerprint density at radius 3 is 2.50 bits per heavy atom. The van der Waals surface area contributed by atoms with Crippen molar-refractivity contribution >= 4 is 16.0 Å². The second kappa shape index (κ2) is 7.63. The number of sulfonamides is 1. The van der Waals surface area contributed by atoms with Gasteiger partial charge in [-0.1, -0.05) is 26.8 Å². The maximum Gasteiger partial charge on any atom is 0.335 e. The number of nitrogens with zero attached hydrogens (tertiary/aromatic N) is 2. The third-order valence-electron chi connectivity index (χ3n) is 4.77. The lowest BCUT2D eigenvalue weighted by Gasteiger charge is -2.26. The van der Waals surface area contributed by atoms with Gasteiger partial charge in [0.25, 0.3) is 0 Å². The fourth-order valence-electron chi connectivity index (χ4n) is 3.33. The standard InChI is InChI=1S/C17H26N2O4S/c1-4-13-7-8-14(17(20)21)11-16(13)24(22,23)19-10-9-15(12-19)18(5-2)6-3/h7-8,11,15H,4-6,9-10,12H2,1-3H3,(H,20,21)/t15-/m1/s1. The molecule has 1 aromatic carbocycles. The van der Waals surface area contributed by atoms with Crippen LogP contribution in [0.1, 0.15) is 43.1 Å². The lowest BCUT2D eigenvalue weighted by atomic mass is 10.1. The van der Waals surface area contributed by atoms with Gasteiger partial charge in [0.2, 0.25) is 10.0 Å². The van der Waals surface area contributed by atoms with Crippen molar-refractivity contribution in [3.63, 3.8) is 0 Å². The Kier molecular flexibility index (Phi) is 6.01. The third-order valence-corrected chi connectivity index (χ3v) is 6.72. The van der Waals surface area contributed by atoms with E-state index >= 15 is 0 Å². The van der Waals surface area contributed by atoms with Gasteiger partial charge in [0.05, 0.1) is 10.5 Å². The summed E-state index contributed by atoms with van der Waals surface area (Å²) in [6, 6.07) is 4.58. The van der Waals surface area contributed by atoms with Gasteiger partial charge in [-0.05, 0) is 43.6 Å². The number of likely N-dealkylation sites (N-methyl/N-ethyl adjacent to an activating group) is 1. The Morgan fingerprint density at radius 1 is 1.29 bits per heavy atom. The number of hydrogen-bond acceptors (Lipinski definition) is 4. The average molecular weight is 354 g/mol. The summed E-state index contributed by atoms with van der Waals surface area (Å²) < 4.78 is 27.6. The van der Waals surface area contributed by atoms with E-state index in [0.717, 1.165) is 19.5 Å². The summed E-state index contributed by atoms with van der Waals surface area (Å²) in [7, 11) is -3.68. The molecular weight excluding hydrogens is 328 g/mol. The van der Waals surface area contributed by atoms with Crippen molar-refractivity contribution in [2.24, 2.45) is 0 Å². The van der Waals surface area contributed by atoms with Crippen LogP contribution in [0.5, 0.6) is 0 Å². The summed E-state index contributed by atoms with van der Waals surface area (Å²) >= 11 is 0. The van der Waals surface area contributed by atoms with Gasteiger partial charge in [0, 0.05) is 19.1 Å². The highest BCUT2D eigenvalue weighted by atomic mass is 32.2. The largest absolute Gasteiger partial charge is 0.478 e. The van der Waals surface area contributed by atoms with Crippen molar-refractivity contribution in [2.75, 3.05) is 26.2 Å². The number of carboxylic acid groups (broad SMARTS) is 1. The zero-order valence-electron chi connectivity index (χ0n) is 14.5. The second-order valence-electron chi connectivity index (χ2n) is 6.01. The van der Waals surface area contributed by atoms with Gasteiger partial charge in [-0.25, -0.2) is 13.2 Å². The molecule has 1 heterocycles. The van der Waals surface area contributed by atoms with Crippen LogP contribution in [0.4, 0.5) is 0 Å². The highest BCUT2D eigenvalue weighted by molar-refractivity contribution is 7.89. The van der Waals surface area contributed by atoms with Crippen LogP contribution in [0.25, 0.3) is 0 Å². The van der Waals surface area contributed by atoms with E-state index in [1.165, 1.54) is 16.4 Å². The molecule has 0 saturated carbocycles. The summed E-state index contributed by atoms with van der Waals surface area (Å²) in [5.74, 6) is -1.11. The first-order chi connectivity index (χ1) is 11.3. The normalized spacial score (nSPS) is 19.1. The number of aryl methyl sites for hydroxylation is 1. The molecule has 0 bridgehead atoms. The molecular formula is C17H26N2O4S. The van der Waals surface area contributed by atoms with Gasteiger partial charge in [0.15, 0.2) is 0 Å². The molecule has 1 fully saturated rings. The summed E-state index contributed by atoms with van der Waals surface area (Å²) in [6.07, 6.45) is 1.35. The number of carboxylic acids is 1. The Hall–Kier alpha value is -1.44. The molecule has 1 N–H and O–H groups in total. The minimum absolute atomic E-state index is 0.00487. The smallest absolute Gasteiger partial charge is 0.335 e. The van der Waals surface area contributed by atoms with Crippen LogP contribution >= 0.6 is 0 Å². The van der Waals surface area contributed by atoms with Gasteiger partial charge in [-0.3, -0.25) is 4.90 Å². The minimum atomic E-state index is -3.68. The third kappa shape index (κ3) is 3.63. The molecule has 0 amide bonds. The van der Waals surface area contributed by atoms with Crippen LogP contribution in [0.15, 0.2) is 23.1 Å². The van der Waals surface area contributed by atoms with Gasteiger partial charge in [-0.2, -0.15) is 4.31 Å². The van der Waals surface area contributed by atoms with E-state index in [1.54, 1.807) is 6.07 Å². The number of carbonyl (C=O) groups is 1. The molecule has 1 aliphatic heterocycles. The molecule has 1 aromatic rings. The van der Waals surface area contributed by atoms with Crippen LogP contribution in [0.2, 0.25) is 0 Å². The predicted molar refractivity (Wildman–Crippen MR) is 92.9 cm³/mol. The molecule has 0 aliphatic carbocycles. The molecule has 0 radical (unpaired) electrons. The van der Waals surface area contributed by atoms with Crippen molar-refractivity contribution < 1.29 is 18.3 Å². The molecule has 1 aliphatic rings. The summed E-state index contributed by atoms with van der Waals surface area (Å²) in [6.45, 7) is 8.75. The van der Waals surface area contributed by atoms with Crippen molar-refractivity contribution in [3.05, 3.63) is 29.3 Å². The van der Waals surface area contributed by atoms with Crippen molar-refractivity contribution in [2.45, 2.75) is 44.6 Å². The van der Waals surface area contributed by atoms with Crippen LogP contribution in [-0.4, -0.2) is 60.9 Å². The van der Waals surface area contributed by atoms with E-state index in [1.807, 2.05) is 6.92 Å². The summed E-state index contributed by atoms with van der Waals surface area (Å²) in [4.78, 5) is 13.6. The minimum Gasteiger partial charge on any atom is -0.478 e. The van der Waals surface area contributed by atoms with Crippen LogP contribution in [-0.2, 0) is 16.4 Å². The summed E-state index contributed by atoms with van der Waals surface area (Å²) in [5, 5.41) is 9.17. The van der Waals surface area contributed by atoms with E-state index in [4.69, 9.17) is 5.11 Å². The molecule has 134 valence electrons. The van der Waals surface area contributed by atoms with E-state index in [0.29, 0.717) is 25.1 Å². The molecule has 2 rings (SSSR count). The SMILES string of the molecule is CCc1ccc(C(=O)O)cc1S(=O)(=O)N1CC[C@@H](N(CC)CC)C1. The van der Waals surface area contributed by atoms with Crippen molar-refractivity contribution in [1.29, 1.82) is 0 Å². The number of aromatic carboxylic acids is 1. The van der Waals surface area contributed by atoms with E-state index in [2.05, 4.69) is 18.7 Å². The zero-order chi connectivity index (χ0) is 17.9. The predicted octanol–water partition coefficient (Wildman–Crippen LogP) is 2.05. The maximum atomic E-state index is 13.0. The highest BCUT2D eigenvalue weighted by Crippen LogP contribution is 2.27. The highest BCUT2D eigenvalue weighted by Gasteiger charge is 2.35. The molecule has 6 nitrogen and oxygen atoms in total. The Bertz CT molecular complexity index is 699. The molecule has 0 spiro atoms. The second-order valence-corrected chi connectivity index (χ2v) is 7.91. The van der Waals surface area contributed by atoms with E-state index in [-0.39, 0.29) is 16.5 Å². The van der Waals surface area contributed by atoms with Crippen LogP contribution in [0.3, 0.4) is 0 Å². The van der Waals surface area contributed by atoms with E-state index in [9.17, 15) is 13.2 Å². The molecule has 0 unspecified atom stereocenters. The molecule has 0 aromatic heterocycles. The molecule has 1 saturated heterocycles. The van der Waals surface area contributed by atoms with Crippen molar-refractivity contribution in [3.8, 4) is 0 Å². The molecule has 1 atom stereocenters. The molecule has 24 heavy (non-hydrogen) atoms. The van der Waals surface area contributed by atoms with Gasteiger partial charge in [-0.15, -0.1) is 0 Å². The zero-order valence-corrected chi connectivity index (χ0v) is 15.3. The Labute approximate surface area is 144 Å². The van der Waals surface area contributed by atoms with Crippen LogP contribution < -0.4 is 0 Å². The summed E-state index contributed by atoms with van der Waals surface area (Å²) in [5.41, 5.74) is 0.663. The van der Waals surface area contributed by atoms with Gasteiger partial charge < -0.3 is 5.11 Å². The number of hydrogen-bond donors (Lipinski definition) is 1. The van der Waals surface area contributed by atoms with E-state index < -0.39 is 16.0 Å². The lowest BCUT2D eigenvalue weighted by molar-refractivity contribution is 0.0696. The fraction of sp³-hybridized carbons (Fsp3) is 0.588. The average Bonchev–Trinajstić information content (AvgIpc) is 3.06. The maximum absolute atomic E-state index is 13.0. The fourth-order valence-corrected chi connectivity index (χ4v) is 5.14. The van der Waals surface area contributed by atoms with Crippen molar-refractivity contribution in [1.82, 2.24) is 9.21 Å². The van der Waals surface area contributed by atoms with Crippen LogP contribution in [0, 0.1) is 0 Å². The number of rotatable bonds is 7. The topological polar surface area (TPSA) is 77.9 Å². The monoisotopic (exact) mass is 354 g/mol.